The largest absolute Gasteiger partial charge is 0.313 e. The number of hydrogen-bond donors (Lipinski definition) is 1. The number of benzene rings is 3. The molecule has 1 heterocycles. The molecule has 0 aliphatic carbocycles. The van der Waals surface area contributed by atoms with E-state index >= 15 is 0 Å². The van der Waals surface area contributed by atoms with Gasteiger partial charge < -0.3 is 5.32 Å². The van der Waals surface area contributed by atoms with Crippen LogP contribution in [0.15, 0.2) is 72.8 Å². The molecule has 108 valence electrons. The second kappa shape index (κ2) is 5.78. The molecule has 1 aliphatic heterocycles. The molecule has 0 saturated heterocycles. The van der Waals surface area contributed by atoms with Crippen LogP contribution in [0.25, 0.3) is 27.5 Å². The molecule has 0 aromatic heterocycles. The first kappa shape index (κ1) is 13.3. The number of fused-ring (bicyclic) bond motifs is 1. The lowest BCUT2D eigenvalue weighted by Gasteiger charge is -2.14. The average molecular weight is 285 g/mol. The monoisotopic (exact) mass is 285 g/mol. The summed E-state index contributed by atoms with van der Waals surface area (Å²) < 4.78 is 0. The van der Waals surface area contributed by atoms with E-state index in [9.17, 15) is 0 Å². The maximum absolute atomic E-state index is 3.36. The molecular weight excluding hydrogens is 266 g/mol. The Morgan fingerprint density at radius 2 is 1.41 bits per heavy atom. The lowest BCUT2D eigenvalue weighted by Crippen LogP contribution is -2.19. The van der Waals surface area contributed by atoms with Crippen molar-refractivity contribution in [2.45, 2.75) is 6.42 Å². The van der Waals surface area contributed by atoms with Crippen molar-refractivity contribution in [3.63, 3.8) is 0 Å². The number of hydrogen-bond acceptors (Lipinski definition) is 1. The predicted molar refractivity (Wildman–Crippen MR) is 94.8 cm³/mol. The third-order valence-corrected chi connectivity index (χ3v) is 4.40. The molecule has 0 unspecified atom stereocenters. The lowest BCUT2D eigenvalue weighted by atomic mass is 9.96. The Morgan fingerprint density at radius 3 is 2.18 bits per heavy atom. The van der Waals surface area contributed by atoms with Gasteiger partial charge in [-0.05, 0) is 52.1 Å². The van der Waals surface area contributed by atoms with Crippen LogP contribution in [0.2, 0.25) is 0 Å². The van der Waals surface area contributed by atoms with Gasteiger partial charge >= 0.3 is 0 Å². The van der Waals surface area contributed by atoms with Gasteiger partial charge in [0.2, 0.25) is 0 Å². The van der Waals surface area contributed by atoms with Crippen molar-refractivity contribution in [1.29, 1.82) is 0 Å². The average Bonchev–Trinajstić information content (AvgIpc) is 2.62. The zero-order chi connectivity index (χ0) is 14.8. The Hall–Kier alpha value is -2.38. The highest BCUT2D eigenvalue weighted by atomic mass is 14.8. The minimum Gasteiger partial charge on any atom is -0.313 e. The SMILES string of the molecule is C1=C(c2ccc(-c3ccc4ccccc4c3)cc2)CCNC1. The molecule has 1 aliphatic rings. The van der Waals surface area contributed by atoms with E-state index in [1.54, 1.807) is 0 Å². The van der Waals surface area contributed by atoms with E-state index in [0.717, 1.165) is 19.5 Å². The Bertz CT molecular complexity index is 828. The molecule has 3 aromatic rings. The van der Waals surface area contributed by atoms with Crippen molar-refractivity contribution in [2.75, 3.05) is 13.1 Å². The molecule has 0 fully saturated rings. The quantitative estimate of drug-likeness (QED) is 0.707. The number of nitrogens with one attached hydrogen (secondary N) is 1. The van der Waals surface area contributed by atoms with Gasteiger partial charge in [0.05, 0.1) is 0 Å². The first-order chi connectivity index (χ1) is 10.9. The van der Waals surface area contributed by atoms with Crippen LogP contribution in [0.4, 0.5) is 0 Å². The fourth-order valence-corrected chi connectivity index (χ4v) is 3.13. The molecule has 0 bridgehead atoms. The van der Waals surface area contributed by atoms with Gasteiger partial charge in [-0.3, -0.25) is 0 Å². The minimum atomic E-state index is 0.988. The van der Waals surface area contributed by atoms with Gasteiger partial charge in [-0.15, -0.1) is 0 Å². The fourth-order valence-electron chi connectivity index (χ4n) is 3.13. The van der Waals surface area contributed by atoms with Crippen LogP contribution in [-0.2, 0) is 0 Å². The van der Waals surface area contributed by atoms with E-state index in [2.05, 4.69) is 78.1 Å². The summed E-state index contributed by atoms with van der Waals surface area (Å²) in [7, 11) is 0. The van der Waals surface area contributed by atoms with E-state index in [0.29, 0.717) is 0 Å². The zero-order valence-corrected chi connectivity index (χ0v) is 12.5. The van der Waals surface area contributed by atoms with E-state index in [4.69, 9.17) is 0 Å². The first-order valence-corrected chi connectivity index (χ1v) is 7.89. The molecule has 3 aromatic carbocycles. The van der Waals surface area contributed by atoms with Crippen molar-refractivity contribution in [2.24, 2.45) is 0 Å². The Morgan fingerprint density at radius 1 is 0.682 bits per heavy atom. The van der Waals surface area contributed by atoms with E-state index in [-0.39, 0.29) is 0 Å². The van der Waals surface area contributed by atoms with E-state index in [1.807, 2.05) is 0 Å². The molecule has 1 nitrogen and oxygen atoms in total. The number of rotatable bonds is 2. The zero-order valence-electron chi connectivity index (χ0n) is 12.5. The standard InChI is InChI=1S/C21H19N/c1-2-4-20-15-21(10-9-16(20)3-1)18-7-5-17(6-8-18)19-11-13-22-14-12-19/h1-11,15,22H,12-14H2. The van der Waals surface area contributed by atoms with Gasteiger partial charge in [-0.25, -0.2) is 0 Å². The third-order valence-electron chi connectivity index (χ3n) is 4.40. The van der Waals surface area contributed by atoms with Crippen LogP contribution in [-0.4, -0.2) is 13.1 Å². The molecule has 1 N–H and O–H groups in total. The molecule has 0 saturated carbocycles. The molecule has 22 heavy (non-hydrogen) atoms. The van der Waals surface area contributed by atoms with Crippen LogP contribution in [0.3, 0.4) is 0 Å². The van der Waals surface area contributed by atoms with Crippen molar-refractivity contribution in [1.82, 2.24) is 5.32 Å². The summed E-state index contributed by atoms with van der Waals surface area (Å²) in [6.07, 6.45) is 3.42. The highest BCUT2D eigenvalue weighted by molar-refractivity contribution is 5.87. The molecule has 0 atom stereocenters. The molecular formula is C21H19N. The summed E-state index contributed by atoms with van der Waals surface area (Å²) in [6, 6.07) is 24.2. The van der Waals surface area contributed by atoms with Gasteiger partial charge in [0, 0.05) is 6.54 Å². The summed E-state index contributed by atoms with van der Waals surface area (Å²) in [5.41, 5.74) is 5.38. The molecule has 4 rings (SSSR count). The van der Waals surface area contributed by atoms with Gasteiger partial charge in [-0.1, -0.05) is 66.7 Å². The smallest absolute Gasteiger partial charge is 0.0140 e. The van der Waals surface area contributed by atoms with Crippen LogP contribution in [0.5, 0.6) is 0 Å². The predicted octanol–water partition coefficient (Wildman–Crippen LogP) is 4.88. The highest BCUT2D eigenvalue weighted by Crippen LogP contribution is 2.27. The molecule has 1 heteroatoms. The van der Waals surface area contributed by atoms with Gasteiger partial charge in [-0.2, -0.15) is 0 Å². The lowest BCUT2D eigenvalue weighted by molar-refractivity contribution is 0.738. The summed E-state index contributed by atoms with van der Waals surface area (Å²) in [6.45, 7) is 2.07. The van der Waals surface area contributed by atoms with Crippen molar-refractivity contribution < 1.29 is 0 Å². The second-order valence-corrected chi connectivity index (χ2v) is 5.82. The van der Waals surface area contributed by atoms with Crippen molar-refractivity contribution in [3.05, 3.63) is 78.4 Å². The molecule has 0 amide bonds. The van der Waals surface area contributed by atoms with E-state index < -0.39 is 0 Å². The van der Waals surface area contributed by atoms with Gasteiger partial charge in [0.25, 0.3) is 0 Å². The Balaban J connectivity index is 1.68. The fraction of sp³-hybridized carbons (Fsp3) is 0.143. The van der Waals surface area contributed by atoms with Crippen molar-refractivity contribution in [3.8, 4) is 11.1 Å². The summed E-state index contributed by atoms with van der Waals surface area (Å²) >= 11 is 0. The van der Waals surface area contributed by atoms with Crippen LogP contribution < -0.4 is 5.32 Å². The first-order valence-electron chi connectivity index (χ1n) is 7.89. The normalized spacial score (nSPS) is 14.8. The van der Waals surface area contributed by atoms with Crippen molar-refractivity contribution >= 4 is 16.3 Å². The molecule has 0 spiro atoms. The second-order valence-electron chi connectivity index (χ2n) is 5.82. The maximum atomic E-state index is 3.36. The summed E-state index contributed by atoms with van der Waals surface area (Å²) in [4.78, 5) is 0. The topological polar surface area (TPSA) is 12.0 Å². The highest BCUT2D eigenvalue weighted by Gasteiger charge is 2.06. The van der Waals surface area contributed by atoms with E-state index in [1.165, 1.54) is 33.0 Å². The van der Waals surface area contributed by atoms with Gasteiger partial charge in [0.1, 0.15) is 0 Å². The Kier molecular flexibility index (Phi) is 3.49. The maximum Gasteiger partial charge on any atom is 0.0140 e. The molecule has 0 radical (unpaired) electrons. The van der Waals surface area contributed by atoms with Crippen LogP contribution in [0, 0.1) is 0 Å². The third kappa shape index (κ3) is 2.56. The van der Waals surface area contributed by atoms with Gasteiger partial charge in [0.15, 0.2) is 0 Å². The Labute approximate surface area is 131 Å². The summed E-state index contributed by atoms with van der Waals surface area (Å²) in [5, 5.41) is 5.95. The summed E-state index contributed by atoms with van der Waals surface area (Å²) in [5.74, 6) is 0. The van der Waals surface area contributed by atoms with Crippen LogP contribution >= 0.6 is 0 Å². The van der Waals surface area contributed by atoms with Crippen LogP contribution in [0.1, 0.15) is 12.0 Å². The minimum absolute atomic E-state index is 0.988.